The molecule has 2 heterocycles. The molecule has 0 unspecified atom stereocenters. The Bertz CT molecular complexity index is 408. The molecule has 3 rings (SSSR count). The van der Waals surface area contributed by atoms with E-state index in [9.17, 15) is 4.79 Å². The van der Waals surface area contributed by atoms with Crippen LogP contribution in [0.5, 0.6) is 0 Å². The minimum atomic E-state index is 0.0515. The third kappa shape index (κ3) is 2.90. The summed E-state index contributed by atoms with van der Waals surface area (Å²) >= 11 is 0. The van der Waals surface area contributed by atoms with Gasteiger partial charge >= 0.3 is 6.03 Å². The van der Waals surface area contributed by atoms with Crippen LogP contribution in [0.1, 0.15) is 32.1 Å². The number of carbonyl (C=O) groups is 1. The molecule has 0 bridgehead atoms. The lowest BCUT2D eigenvalue weighted by Crippen LogP contribution is -2.41. The van der Waals surface area contributed by atoms with Gasteiger partial charge in [0.2, 0.25) is 0 Å². The van der Waals surface area contributed by atoms with Crippen molar-refractivity contribution >= 4 is 6.03 Å². The molecule has 0 aromatic carbocycles. The molecule has 5 heteroatoms. The number of amides is 2. The predicted molar refractivity (Wildman–Crippen MR) is 73.9 cm³/mol. The van der Waals surface area contributed by atoms with Crippen LogP contribution in [0, 0.1) is 28.6 Å². The van der Waals surface area contributed by atoms with Gasteiger partial charge in [-0.25, -0.2) is 4.79 Å². The van der Waals surface area contributed by atoms with Gasteiger partial charge in [0, 0.05) is 44.7 Å². The molecule has 2 saturated heterocycles. The topological polar surface area (TPSA) is 65.4 Å². The lowest BCUT2D eigenvalue weighted by Gasteiger charge is -2.21. The fourth-order valence-corrected chi connectivity index (χ4v) is 3.42. The quantitative estimate of drug-likeness (QED) is 0.851. The van der Waals surface area contributed by atoms with Gasteiger partial charge in [0.25, 0.3) is 0 Å². The average Bonchev–Trinajstić information content (AvgIpc) is 2.89. The molecular weight excluding hydrogens is 254 g/mol. The monoisotopic (exact) mass is 277 g/mol. The molecule has 2 atom stereocenters. The van der Waals surface area contributed by atoms with Gasteiger partial charge in [0.1, 0.15) is 0 Å². The standard InChI is InChI=1S/C15H23N3O2/c16-6-5-15(3-4-15)11-17-14(19)18-7-1-12(9-18)13-2-8-20-10-13/h12-13H,1-5,7-11H2,(H,17,19)/t12-,13-/m0/s1. The summed E-state index contributed by atoms with van der Waals surface area (Å²) in [5.41, 5.74) is 0.0861. The first-order chi connectivity index (χ1) is 9.72. The summed E-state index contributed by atoms with van der Waals surface area (Å²) in [5.74, 6) is 1.25. The average molecular weight is 277 g/mol. The minimum Gasteiger partial charge on any atom is -0.381 e. The van der Waals surface area contributed by atoms with Gasteiger partial charge in [-0.05, 0) is 37.5 Å². The van der Waals surface area contributed by atoms with E-state index in [1.165, 1.54) is 0 Å². The van der Waals surface area contributed by atoms with Gasteiger partial charge < -0.3 is 15.0 Å². The second kappa shape index (κ2) is 5.61. The van der Waals surface area contributed by atoms with Crippen molar-refractivity contribution in [2.45, 2.75) is 32.1 Å². The van der Waals surface area contributed by atoms with E-state index in [2.05, 4.69) is 11.4 Å². The van der Waals surface area contributed by atoms with E-state index in [0.717, 1.165) is 52.0 Å². The summed E-state index contributed by atoms with van der Waals surface area (Å²) in [4.78, 5) is 14.1. The van der Waals surface area contributed by atoms with E-state index < -0.39 is 0 Å². The van der Waals surface area contributed by atoms with Crippen molar-refractivity contribution in [3.63, 3.8) is 0 Å². The number of nitriles is 1. The van der Waals surface area contributed by atoms with E-state index in [-0.39, 0.29) is 11.4 Å². The zero-order valence-corrected chi connectivity index (χ0v) is 11.9. The molecule has 2 amide bonds. The molecule has 1 N–H and O–H groups in total. The first-order valence-electron chi connectivity index (χ1n) is 7.70. The van der Waals surface area contributed by atoms with E-state index in [1.807, 2.05) is 4.90 Å². The Balaban J connectivity index is 1.43. The molecule has 1 saturated carbocycles. The summed E-state index contributed by atoms with van der Waals surface area (Å²) < 4.78 is 5.44. The minimum absolute atomic E-state index is 0.0515. The molecule has 0 spiro atoms. The highest BCUT2D eigenvalue weighted by molar-refractivity contribution is 5.74. The van der Waals surface area contributed by atoms with Crippen LogP contribution in [0.25, 0.3) is 0 Å². The number of rotatable bonds is 4. The molecule has 20 heavy (non-hydrogen) atoms. The molecule has 2 aliphatic heterocycles. The summed E-state index contributed by atoms with van der Waals surface area (Å²) in [7, 11) is 0. The number of carbonyl (C=O) groups excluding carboxylic acids is 1. The number of urea groups is 1. The summed E-state index contributed by atoms with van der Waals surface area (Å²) in [6, 6.07) is 2.28. The zero-order chi connectivity index (χ0) is 14.0. The molecule has 0 aromatic rings. The number of nitrogens with zero attached hydrogens (tertiary/aromatic N) is 2. The van der Waals surface area contributed by atoms with Crippen LogP contribution in [0.2, 0.25) is 0 Å². The van der Waals surface area contributed by atoms with Gasteiger partial charge in [0.15, 0.2) is 0 Å². The van der Waals surface area contributed by atoms with Gasteiger partial charge in [-0.3, -0.25) is 0 Å². The van der Waals surface area contributed by atoms with Gasteiger partial charge in [0.05, 0.1) is 6.07 Å². The van der Waals surface area contributed by atoms with Crippen LogP contribution in [-0.4, -0.2) is 43.8 Å². The third-order valence-corrected chi connectivity index (χ3v) is 5.17. The molecule has 0 radical (unpaired) electrons. The summed E-state index contributed by atoms with van der Waals surface area (Å²) in [6.45, 7) is 4.13. The second-order valence-corrected chi connectivity index (χ2v) is 6.61. The van der Waals surface area contributed by atoms with Crippen molar-refractivity contribution in [1.82, 2.24) is 10.2 Å². The van der Waals surface area contributed by atoms with E-state index >= 15 is 0 Å². The Morgan fingerprint density at radius 3 is 2.90 bits per heavy atom. The summed E-state index contributed by atoms with van der Waals surface area (Å²) in [5, 5.41) is 11.8. The van der Waals surface area contributed by atoms with Gasteiger partial charge in [-0.1, -0.05) is 0 Å². The molecule has 3 fully saturated rings. The first kappa shape index (κ1) is 13.7. The Labute approximate surface area is 120 Å². The molecule has 5 nitrogen and oxygen atoms in total. The van der Waals surface area contributed by atoms with E-state index in [0.29, 0.717) is 24.8 Å². The SMILES string of the molecule is N#CCC1(CNC(=O)N2CC[C@H]([C@H]3CCOC3)C2)CC1. The van der Waals surface area contributed by atoms with Crippen molar-refractivity contribution in [2.24, 2.45) is 17.3 Å². The third-order valence-electron chi connectivity index (χ3n) is 5.17. The van der Waals surface area contributed by atoms with Gasteiger partial charge in [-0.2, -0.15) is 5.26 Å². The van der Waals surface area contributed by atoms with E-state index in [1.54, 1.807) is 0 Å². The molecule has 110 valence electrons. The Kier molecular flexibility index (Phi) is 3.84. The number of nitrogens with one attached hydrogen (secondary N) is 1. The smallest absolute Gasteiger partial charge is 0.317 e. The number of likely N-dealkylation sites (tertiary alicyclic amines) is 1. The van der Waals surface area contributed by atoms with Crippen LogP contribution in [0.4, 0.5) is 4.79 Å². The van der Waals surface area contributed by atoms with Crippen LogP contribution >= 0.6 is 0 Å². The van der Waals surface area contributed by atoms with Crippen molar-refractivity contribution in [3.8, 4) is 6.07 Å². The Hall–Kier alpha value is -1.28. The van der Waals surface area contributed by atoms with Crippen molar-refractivity contribution < 1.29 is 9.53 Å². The highest BCUT2D eigenvalue weighted by Crippen LogP contribution is 2.47. The maximum atomic E-state index is 12.2. The number of hydrogen-bond acceptors (Lipinski definition) is 3. The van der Waals surface area contributed by atoms with Crippen LogP contribution in [0.15, 0.2) is 0 Å². The second-order valence-electron chi connectivity index (χ2n) is 6.61. The van der Waals surface area contributed by atoms with Crippen LogP contribution < -0.4 is 5.32 Å². The van der Waals surface area contributed by atoms with Crippen molar-refractivity contribution in [2.75, 3.05) is 32.8 Å². The Morgan fingerprint density at radius 2 is 2.25 bits per heavy atom. The normalized spacial score (nSPS) is 31.1. The highest BCUT2D eigenvalue weighted by atomic mass is 16.5. The fourth-order valence-electron chi connectivity index (χ4n) is 3.42. The molecule has 3 aliphatic rings. The summed E-state index contributed by atoms with van der Waals surface area (Å²) in [6.07, 6.45) is 4.96. The molecular formula is C15H23N3O2. The van der Waals surface area contributed by atoms with Crippen molar-refractivity contribution in [3.05, 3.63) is 0 Å². The fraction of sp³-hybridized carbons (Fsp3) is 0.867. The van der Waals surface area contributed by atoms with Crippen LogP contribution in [-0.2, 0) is 4.74 Å². The van der Waals surface area contributed by atoms with Gasteiger partial charge in [-0.15, -0.1) is 0 Å². The maximum Gasteiger partial charge on any atom is 0.317 e. The van der Waals surface area contributed by atoms with Crippen LogP contribution in [0.3, 0.4) is 0 Å². The molecule has 0 aromatic heterocycles. The maximum absolute atomic E-state index is 12.2. The van der Waals surface area contributed by atoms with E-state index in [4.69, 9.17) is 10.00 Å². The first-order valence-corrected chi connectivity index (χ1v) is 7.70. The largest absolute Gasteiger partial charge is 0.381 e. The Morgan fingerprint density at radius 1 is 1.40 bits per heavy atom. The predicted octanol–water partition coefficient (Wildman–Crippen LogP) is 1.75. The highest BCUT2D eigenvalue weighted by Gasteiger charge is 2.43. The number of ether oxygens (including phenoxy) is 1. The zero-order valence-electron chi connectivity index (χ0n) is 11.9. The lowest BCUT2D eigenvalue weighted by molar-refractivity contribution is 0.170. The molecule has 1 aliphatic carbocycles. The lowest BCUT2D eigenvalue weighted by atomic mass is 9.91. The number of hydrogen-bond donors (Lipinski definition) is 1. The van der Waals surface area contributed by atoms with Crippen molar-refractivity contribution in [1.29, 1.82) is 5.26 Å².